The van der Waals surface area contributed by atoms with Crippen LogP contribution in [0.3, 0.4) is 0 Å². The van der Waals surface area contributed by atoms with E-state index in [-0.39, 0.29) is 0 Å². The molecule has 0 spiro atoms. The Morgan fingerprint density at radius 2 is 1.46 bits per heavy atom. The van der Waals surface area contributed by atoms with E-state index in [1.54, 1.807) is 20.8 Å². The lowest BCUT2D eigenvalue weighted by atomic mass is 10.2. The Kier molecular flexibility index (Phi) is 4.59. The molecule has 0 N–H and O–H groups in total. The smallest absolute Gasteiger partial charge is 0.315 e. The lowest BCUT2D eigenvalue weighted by molar-refractivity contribution is -0.280. The van der Waals surface area contributed by atoms with Crippen molar-refractivity contribution >= 4 is 8.60 Å². The van der Waals surface area contributed by atoms with E-state index in [0.29, 0.717) is 0 Å². The third-order valence-electron chi connectivity index (χ3n) is 0.676. The Bertz CT molecular complexity index is 138. The van der Waals surface area contributed by atoms with Gasteiger partial charge in [-0.15, -0.1) is 13.2 Å². The van der Waals surface area contributed by atoms with Gasteiger partial charge in [-0.25, -0.2) is 4.52 Å². The highest BCUT2D eigenvalue weighted by Crippen LogP contribution is 2.47. The van der Waals surface area contributed by atoms with Crippen molar-refractivity contribution in [2.45, 2.75) is 32.7 Å². The molecule has 0 aromatic rings. The molecule has 0 heterocycles. The van der Waals surface area contributed by atoms with Crippen LogP contribution < -0.4 is 0 Å². The SMILES string of the molecule is COP(OC(C)(C)C)OC(F)(F)F. The topological polar surface area (TPSA) is 27.7 Å². The highest BCUT2D eigenvalue weighted by molar-refractivity contribution is 7.41. The van der Waals surface area contributed by atoms with Crippen LogP contribution >= 0.6 is 8.60 Å². The monoisotopic (exact) mass is 220 g/mol. The zero-order valence-electron chi connectivity index (χ0n) is 7.81. The van der Waals surface area contributed by atoms with Crippen LogP contribution in [0.25, 0.3) is 0 Å². The number of hydrogen-bond donors (Lipinski definition) is 0. The summed E-state index contributed by atoms with van der Waals surface area (Å²) in [5.74, 6) is 0. The van der Waals surface area contributed by atoms with E-state index >= 15 is 0 Å². The van der Waals surface area contributed by atoms with Crippen molar-refractivity contribution in [3.8, 4) is 0 Å². The van der Waals surface area contributed by atoms with Crippen LogP contribution in [0.4, 0.5) is 13.2 Å². The fourth-order valence-corrected chi connectivity index (χ4v) is 1.20. The maximum absolute atomic E-state index is 11.7. The molecule has 80 valence electrons. The minimum atomic E-state index is -4.73. The first-order valence-corrected chi connectivity index (χ1v) is 4.53. The summed E-state index contributed by atoms with van der Waals surface area (Å²) in [5.41, 5.74) is -0.729. The van der Waals surface area contributed by atoms with Gasteiger partial charge in [0.25, 0.3) is 0 Å². The summed E-state index contributed by atoms with van der Waals surface area (Å²) < 4.78 is 48.0. The van der Waals surface area contributed by atoms with Gasteiger partial charge in [0, 0.05) is 7.11 Å². The van der Waals surface area contributed by atoms with Gasteiger partial charge in [0.1, 0.15) is 0 Å². The van der Waals surface area contributed by atoms with E-state index in [2.05, 4.69) is 9.05 Å². The molecule has 0 fully saturated rings. The van der Waals surface area contributed by atoms with Crippen molar-refractivity contribution in [1.82, 2.24) is 0 Å². The maximum Gasteiger partial charge on any atom is 0.529 e. The fourth-order valence-electron chi connectivity index (χ4n) is 0.401. The van der Waals surface area contributed by atoms with Gasteiger partial charge >= 0.3 is 15.0 Å². The van der Waals surface area contributed by atoms with Crippen molar-refractivity contribution in [3.05, 3.63) is 0 Å². The van der Waals surface area contributed by atoms with Crippen molar-refractivity contribution < 1.29 is 26.7 Å². The fraction of sp³-hybridized carbons (Fsp3) is 1.00. The van der Waals surface area contributed by atoms with Crippen LogP contribution in [0.15, 0.2) is 0 Å². The van der Waals surface area contributed by atoms with Crippen LogP contribution in [0, 0.1) is 0 Å². The van der Waals surface area contributed by atoms with Crippen LogP contribution in [-0.4, -0.2) is 19.1 Å². The second-order valence-corrected chi connectivity index (χ2v) is 4.32. The van der Waals surface area contributed by atoms with Gasteiger partial charge in [0.2, 0.25) is 0 Å². The summed E-state index contributed by atoms with van der Waals surface area (Å²) in [6, 6.07) is 0. The molecule has 13 heavy (non-hydrogen) atoms. The summed E-state index contributed by atoms with van der Waals surface area (Å²) in [4.78, 5) is 0. The van der Waals surface area contributed by atoms with Gasteiger partial charge in [0.15, 0.2) is 0 Å². The Morgan fingerprint density at radius 1 is 1.00 bits per heavy atom. The van der Waals surface area contributed by atoms with Crippen molar-refractivity contribution in [2.24, 2.45) is 0 Å². The molecule has 0 aliphatic rings. The van der Waals surface area contributed by atoms with Crippen LogP contribution in [0.2, 0.25) is 0 Å². The van der Waals surface area contributed by atoms with Crippen molar-refractivity contribution in [1.29, 1.82) is 0 Å². The van der Waals surface area contributed by atoms with E-state index in [1.807, 2.05) is 0 Å². The Hall–Kier alpha value is 0.100. The molecule has 0 rings (SSSR count). The van der Waals surface area contributed by atoms with Gasteiger partial charge < -0.3 is 9.05 Å². The van der Waals surface area contributed by atoms with Crippen LogP contribution in [0.1, 0.15) is 20.8 Å². The third kappa shape index (κ3) is 8.43. The van der Waals surface area contributed by atoms with E-state index in [4.69, 9.17) is 4.52 Å². The van der Waals surface area contributed by atoms with Gasteiger partial charge in [-0.3, -0.25) is 0 Å². The average molecular weight is 220 g/mol. The molecule has 0 saturated heterocycles. The Labute approximate surface area is 76.2 Å². The predicted molar refractivity (Wildman–Crippen MR) is 41.9 cm³/mol. The standard InChI is InChI=1S/C6H12F3O3P/c1-5(2,3)11-13(10-4)12-6(7,8)9/h1-4H3. The minimum absolute atomic E-state index is 0.729. The Morgan fingerprint density at radius 3 is 1.69 bits per heavy atom. The molecule has 0 aliphatic heterocycles. The largest absolute Gasteiger partial charge is 0.529 e. The number of rotatable bonds is 3. The first kappa shape index (κ1) is 13.1. The molecule has 0 aromatic heterocycles. The molecule has 0 amide bonds. The third-order valence-corrected chi connectivity index (χ3v) is 2.03. The summed E-state index contributed by atoms with van der Waals surface area (Å²) in [6.07, 6.45) is -4.73. The first-order chi connectivity index (χ1) is 5.64. The molecule has 0 radical (unpaired) electrons. The van der Waals surface area contributed by atoms with Gasteiger partial charge in [0.05, 0.1) is 5.60 Å². The molecule has 0 bridgehead atoms. The molecule has 1 unspecified atom stereocenters. The van der Waals surface area contributed by atoms with Crippen LogP contribution in [-0.2, 0) is 13.6 Å². The lowest BCUT2D eigenvalue weighted by Crippen LogP contribution is -2.20. The number of hydrogen-bond acceptors (Lipinski definition) is 3. The molecule has 0 aromatic carbocycles. The zero-order chi connectivity index (χ0) is 10.7. The molecule has 3 nitrogen and oxygen atoms in total. The Balaban J connectivity index is 4.05. The summed E-state index contributed by atoms with van der Waals surface area (Å²) >= 11 is 0. The quantitative estimate of drug-likeness (QED) is 0.683. The van der Waals surface area contributed by atoms with E-state index in [9.17, 15) is 13.2 Å². The normalized spacial score (nSPS) is 15.9. The van der Waals surface area contributed by atoms with E-state index in [0.717, 1.165) is 7.11 Å². The summed E-state index contributed by atoms with van der Waals surface area (Å²) in [6.45, 7) is 4.84. The highest BCUT2D eigenvalue weighted by atomic mass is 31.2. The molecule has 7 heteroatoms. The lowest BCUT2D eigenvalue weighted by Gasteiger charge is -2.24. The molecule has 0 aliphatic carbocycles. The number of alkyl halides is 3. The minimum Gasteiger partial charge on any atom is -0.315 e. The van der Waals surface area contributed by atoms with Gasteiger partial charge in [-0.1, -0.05) is 0 Å². The molecule has 0 saturated carbocycles. The van der Waals surface area contributed by atoms with Gasteiger partial charge in [-0.05, 0) is 20.8 Å². The van der Waals surface area contributed by atoms with E-state index in [1.165, 1.54) is 0 Å². The predicted octanol–water partition coefficient (Wildman–Crippen LogP) is 3.21. The second-order valence-electron chi connectivity index (χ2n) is 3.15. The molecular formula is C6H12F3O3P. The first-order valence-electron chi connectivity index (χ1n) is 3.43. The van der Waals surface area contributed by atoms with Crippen LogP contribution in [0.5, 0.6) is 0 Å². The van der Waals surface area contributed by atoms with E-state index < -0.39 is 20.6 Å². The van der Waals surface area contributed by atoms with Gasteiger partial charge in [-0.2, -0.15) is 0 Å². The summed E-state index contributed by atoms with van der Waals surface area (Å²) in [7, 11) is -1.26. The zero-order valence-corrected chi connectivity index (χ0v) is 8.70. The number of halogens is 3. The molecule has 1 atom stereocenters. The highest BCUT2D eigenvalue weighted by Gasteiger charge is 2.37. The average Bonchev–Trinajstić information content (AvgIpc) is 1.79. The maximum atomic E-state index is 11.7. The van der Waals surface area contributed by atoms with Crippen molar-refractivity contribution in [2.75, 3.05) is 7.11 Å². The molecular weight excluding hydrogens is 208 g/mol. The summed E-state index contributed by atoms with van der Waals surface area (Å²) in [5, 5.41) is 0. The van der Waals surface area contributed by atoms with Crippen molar-refractivity contribution in [3.63, 3.8) is 0 Å². The second kappa shape index (κ2) is 4.55.